The first-order valence-corrected chi connectivity index (χ1v) is 10.7. The summed E-state index contributed by atoms with van der Waals surface area (Å²) in [6.45, 7) is -0.179. The molecule has 32 heavy (non-hydrogen) atoms. The third-order valence-electron chi connectivity index (χ3n) is 5.34. The molecule has 12 nitrogen and oxygen atoms in total. The van der Waals surface area contributed by atoms with Crippen LogP contribution < -0.4 is 22.0 Å². The Bertz CT molecular complexity index is 1010. The van der Waals surface area contributed by atoms with E-state index in [0.717, 1.165) is 0 Å². The second kappa shape index (κ2) is 9.83. The molecule has 4 atom stereocenters. The van der Waals surface area contributed by atoms with Crippen molar-refractivity contribution < 1.29 is 19.7 Å². The summed E-state index contributed by atoms with van der Waals surface area (Å²) in [5.74, 6) is 0.450. The van der Waals surface area contributed by atoms with Gasteiger partial charge in [0.05, 0.1) is 25.4 Å². The van der Waals surface area contributed by atoms with Crippen LogP contribution in [0.15, 0.2) is 34.1 Å². The molecule has 0 aliphatic carbocycles. The Hall–Kier alpha value is -2.71. The lowest BCUT2D eigenvalue weighted by molar-refractivity contribution is -0.0246. The molecular weight excluding hydrogens is 440 g/mol. The van der Waals surface area contributed by atoms with E-state index in [-0.39, 0.29) is 42.2 Å². The van der Waals surface area contributed by atoms with Crippen molar-refractivity contribution in [2.75, 3.05) is 23.8 Å². The maximum Gasteiger partial charge on any atom is 0.351 e. The molecule has 172 valence electrons. The van der Waals surface area contributed by atoms with E-state index < -0.39 is 23.8 Å². The topological polar surface area (TPSA) is 153 Å². The number of anilines is 2. The number of hydrogen-bond acceptors (Lipinski definition) is 9. The van der Waals surface area contributed by atoms with E-state index in [1.54, 1.807) is 24.5 Å². The van der Waals surface area contributed by atoms with Crippen molar-refractivity contribution in [3.8, 4) is 0 Å². The minimum atomic E-state index is -0.514. The lowest BCUT2D eigenvalue weighted by Crippen LogP contribution is -2.31. The van der Waals surface area contributed by atoms with E-state index in [0.29, 0.717) is 25.7 Å². The van der Waals surface area contributed by atoms with Gasteiger partial charge in [-0.15, -0.1) is 0 Å². The van der Waals surface area contributed by atoms with Crippen molar-refractivity contribution in [2.45, 2.75) is 50.3 Å². The SMILES string of the molecule is O=c1nc(NC(=S)Nc2ccn([C@H]3CC[C@@H](CO)O3)c(=O)n2)ccn1[C@H]1CC[C@@H](CO)O1. The van der Waals surface area contributed by atoms with E-state index in [4.69, 9.17) is 21.7 Å². The third kappa shape index (κ3) is 5.02. The van der Waals surface area contributed by atoms with Crippen molar-refractivity contribution in [1.82, 2.24) is 19.1 Å². The minimum absolute atomic E-state index is 0.0896. The van der Waals surface area contributed by atoms with E-state index in [9.17, 15) is 19.8 Å². The summed E-state index contributed by atoms with van der Waals surface area (Å²) in [7, 11) is 0. The molecule has 2 saturated heterocycles. The highest BCUT2D eigenvalue weighted by molar-refractivity contribution is 7.80. The molecule has 0 unspecified atom stereocenters. The molecule has 0 amide bonds. The molecule has 0 bridgehead atoms. The van der Waals surface area contributed by atoms with Gasteiger partial charge < -0.3 is 30.3 Å². The molecule has 4 rings (SSSR count). The van der Waals surface area contributed by atoms with Crippen LogP contribution in [0.2, 0.25) is 0 Å². The van der Waals surface area contributed by atoms with Crippen LogP contribution in [0, 0.1) is 0 Å². The lowest BCUT2D eigenvalue weighted by Gasteiger charge is -2.16. The summed E-state index contributed by atoms with van der Waals surface area (Å²) >= 11 is 5.22. The first-order chi connectivity index (χ1) is 15.5. The Morgan fingerprint density at radius 2 is 1.34 bits per heavy atom. The van der Waals surface area contributed by atoms with Crippen LogP contribution >= 0.6 is 12.2 Å². The summed E-state index contributed by atoms with van der Waals surface area (Å²) in [6.07, 6.45) is 4.19. The average molecular weight is 465 g/mol. The summed E-state index contributed by atoms with van der Waals surface area (Å²) < 4.78 is 13.9. The van der Waals surface area contributed by atoms with Crippen LogP contribution in [-0.2, 0) is 9.47 Å². The maximum atomic E-state index is 12.3. The van der Waals surface area contributed by atoms with E-state index in [1.807, 2.05) is 0 Å². The van der Waals surface area contributed by atoms with Gasteiger partial charge in [-0.3, -0.25) is 9.13 Å². The zero-order valence-electron chi connectivity index (χ0n) is 17.1. The fraction of sp³-hybridized carbons (Fsp3) is 0.526. The molecule has 0 radical (unpaired) electrons. The highest BCUT2D eigenvalue weighted by Crippen LogP contribution is 2.27. The van der Waals surface area contributed by atoms with Gasteiger partial charge in [0, 0.05) is 12.4 Å². The molecule has 4 heterocycles. The van der Waals surface area contributed by atoms with E-state index in [1.165, 1.54) is 9.13 Å². The predicted molar refractivity (Wildman–Crippen MR) is 117 cm³/mol. The Morgan fingerprint density at radius 1 is 0.906 bits per heavy atom. The molecule has 0 spiro atoms. The smallest absolute Gasteiger partial charge is 0.351 e. The number of aliphatic hydroxyl groups is 2. The van der Waals surface area contributed by atoms with Crippen LogP contribution in [0.1, 0.15) is 38.1 Å². The van der Waals surface area contributed by atoms with Crippen LogP contribution in [0.4, 0.5) is 11.6 Å². The molecule has 2 fully saturated rings. The van der Waals surface area contributed by atoms with Crippen molar-refractivity contribution >= 4 is 29.0 Å². The fourth-order valence-corrected chi connectivity index (χ4v) is 3.93. The van der Waals surface area contributed by atoms with Gasteiger partial charge in [-0.1, -0.05) is 0 Å². The van der Waals surface area contributed by atoms with Gasteiger partial charge in [-0.05, 0) is 50.0 Å². The molecule has 0 aromatic carbocycles. The van der Waals surface area contributed by atoms with Gasteiger partial charge in [0.2, 0.25) is 0 Å². The first kappa shape index (κ1) is 22.5. The van der Waals surface area contributed by atoms with E-state index >= 15 is 0 Å². The summed E-state index contributed by atoms with van der Waals surface area (Å²) in [4.78, 5) is 32.6. The van der Waals surface area contributed by atoms with Crippen LogP contribution in [0.3, 0.4) is 0 Å². The standard InChI is InChI=1S/C19H24N6O6S/c26-9-11-1-3-15(30-11)24-7-5-13(22-18(24)28)20-17(32)21-14-6-8-25(19(29)23-14)16-4-2-12(10-27)31-16/h5-8,11-12,15-16,26-27H,1-4,9-10H2,(H2,20,21,22,23,28,29,32)/t11-,12-,15+,16+/m0/s1. The minimum Gasteiger partial charge on any atom is -0.394 e. The van der Waals surface area contributed by atoms with Gasteiger partial charge in [0.1, 0.15) is 24.1 Å². The lowest BCUT2D eigenvalue weighted by atomic mass is 10.2. The average Bonchev–Trinajstić information content (AvgIpc) is 3.43. The van der Waals surface area contributed by atoms with Gasteiger partial charge in [0.25, 0.3) is 0 Å². The zero-order chi connectivity index (χ0) is 22.7. The largest absolute Gasteiger partial charge is 0.394 e. The Kier molecular flexibility index (Phi) is 6.91. The van der Waals surface area contributed by atoms with Crippen LogP contribution in [0.25, 0.3) is 0 Å². The molecule has 4 N–H and O–H groups in total. The van der Waals surface area contributed by atoms with Gasteiger partial charge >= 0.3 is 11.4 Å². The van der Waals surface area contributed by atoms with Crippen molar-refractivity contribution in [3.05, 3.63) is 45.5 Å². The molecule has 2 aliphatic heterocycles. The number of thiocarbonyl (C=S) groups is 1. The summed E-state index contributed by atoms with van der Waals surface area (Å²) in [5, 5.41) is 24.0. The van der Waals surface area contributed by atoms with Crippen molar-refractivity contribution in [2.24, 2.45) is 0 Å². The summed E-state index contributed by atoms with van der Waals surface area (Å²) in [5.41, 5.74) is -1.03. The molecule has 2 aliphatic rings. The second-order valence-electron chi connectivity index (χ2n) is 7.53. The first-order valence-electron chi connectivity index (χ1n) is 10.3. The zero-order valence-corrected chi connectivity index (χ0v) is 17.9. The fourth-order valence-electron chi connectivity index (χ4n) is 3.72. The highest BCUT2D eigenvalue weighted by Gasteiger charge is 2.27. The van der Waals surface area contributed by atoms with Gasteiger partial charge in [-0.25, -0.2) is 9.59 Å². The normalized spacial score (nSPS) is 25.1. The summed E-state index contributed by atoms with van der Waals surface area (Å²) in [6, 6.07) is 3.15. The number of aliphatic hydroxyl groups excluding tert-OH is 2. The monoisotopic (exact) mass is 464 g/mol. The maximum absolute atomic E-state index is 12.3. The Morgan fingerprint density at radius 3 is 1.69 bits per heavy atom. The van der Waals surface area contributed by atoms with Gasteiger partial charge in [-0.2, -0.15) is 9.97 Å². The van der Waals surface area contributed by atoms with Crippen molar-refractivity contribution in [3.63, 3.8) is 0 Å². The molecule has 2 aromatic rings. The number of nitrogens with one attached hydrogen (secondary N) is 2. The number of aromatic nitrogens is 4. The second-order valence-corrected chi connectivity index (χ2v) is 7.94. The predicted octanol–water partition coefficient (Wildman–Crippen LogP) is -0.0513. The van der Waals surface area contributed by atoms with Crippen LogP contribution in [0.5, 0.6) is 0 Å². The molecule has 0 saturated carbocycles. The number of ether oxygens (including phenoxy) is 2. The number of nitrogens with zero attached hydrogens (tertiary/aromatic N) is 4. The molecule has 2 aromatic heterocycles. The Balaban J connectivity index is 1.36. The highest BCUT2D eigenvalue weighted by atomic mass is 32.1. The quantitative estimate of drug-likeness (QED) is 0.426. The molecule has 13 heteroatoms. The van der Waals surface area contributed by atoms with Crippen LogP contribution in [-0.4, -0.2) is 59.8 Å². The number of rotatable bonds is 6. The van der Waals surface area contributed by atoms with Crippen molar-refractivity contribution in [1.29, 1.82) is 0 Å². The third-order valence-corrected chi connectivity index (χ3v) is 5.55. The number of hydrogen-bond donors (Lipinski definition) is 4. The van der Waals surface area contributed by atoms with Gasteiger partial charge in [0.15, 0.2) is 5.11 Å². The Labute approximate surface area is 187 Å². The molecular formula is C19H24N6O6S. The van der Waals surface area contributed by atoms with E-state index in [2.05, 4.69) is 20.6 Å².